The van der Waals surface area contributed by atoms with Crippen molar-refractivity contribution in [3.05, 3.63) is 59.2 Å². The van der Waals surface area contributed by atoms with Gasteiger partial charge in [0.1, 0.15) is 0 Å². The molecule has 0 aliphatic heterocycles. The Balaban J connectivity index is 2.03. The average Bonchev–Trinajstić information content (AvgIpc) is 2.48. The van der Waals surface area contributed by atoms with Crippen LogP contribution in [0.5, 0.6) is 11.5 Å². The smallest absolute Gasteiger partial charge is 0.161 e. The zero-order chi connectivity index (χ0) is 15.2. The van der Waals surface area contributed by atoms with Gasteiger partial charge in [0.15, 0.2) is 11.5 Å². The van der Waals surface area contributed by atoms with Crippen LogP contribution in [0.4, 0.5) is 0 Å². The van der Waals surface area contributed by atoms with Gasteiger partial charge in [0.2, 0.25) is 0 Å². The molecular formula is C18H23NO2. The summed E-state index contributed by atoms with van der Waals surface area (Å²) in [5, 5.41) is 13.2. The van der Waals surface area contributed by atoms with Gasteiger partial charge in [-0.25, -0.2) is 0 Å². The van der Waals surface area contributed by atoms with Gasteiger partial charge in [0, 0.05) is 12.6 Å². The fourth-order valence-electron chi connectivity index (χ4n) is 2.39. The molecule has 0 aliphatic rings. The fraction of sp³-hybridized carbons (Fsp3) is 0.333. The Morgan fingerprint density at radius 1 is 1.19 bits per heavy atom. The number of aromatic hydroxyl groups is 1. The van der Waals surface area contributed by atoms with Crippen LogP contribution in [0.25, 0.3) is 0 Å². The molecule has 0 aliphatic carbocycles. The van der Waals surface area contributed by atoms with Gasteiger partial charge in [-0.15, -0.1) is 0 Å². The number of benzene rings is 2. The molecule has 0 unspecified atom stereocenters. The molecule has 3 heteroatoms. The number of hydrogen-bond donors (Lipinski definition) is 2. The van der Waals surface area contributed by atoms with Gasteiger partial charge in [-0.1, -0.05) is 30.3 Å². The van der Waals surface area contributed by atoms with E-state index in [2.05, 4.69) is 43.4 Å². The van der Waals surface area contributed by atoms with Crippen LogP contribution in [0.2, 0.25) is 0 Å². The highest BCUT2D eigenvalue weighted by Gasteiger charge is 2.08. The number of phenolic OH excluding ortho intramolecular Hbond substituents is 1. The lowest BCUT2D eigenvalue weighted by molar-refractivity contribution is 0.317. The predicted molar refractivity (Wildman–Crippen MR) is 85.7 cm³/mol. The number of aryl methyl sites for hydroxylation is 1. The molecule has 0 saturated carbocycles. The van der Waals surface area contributed by atoms with Crippen molar-refractivity contribution in [3.63, 3.8) is 0 Å². The first-order valence-corrected chi connectivity index (χ1v) is 7.35. The van der Waals surface area contributed by atoms with Crippen LogP contribution in [0, 0.1) is 6.92 Å². The normalized spacial score (nSPS) is 12.1. The summed E-state index contributed by atoms with van der Waals surface area (Å²) in [6.45, 7) is 7.47. The Morgan fingerprint density at radius 2 is 1.95 bits per heavy atom. The van der Waals surface area contributed by atoms with E-state index in [1.54, 1.807) is 6.07 Å². The molecular weight excluding hydrogens is 262 g/mol. The van der Waals surface area contributed by atoms with E-state index >= 15 is 0 Å². The average molecular weight is 285 g/mol. The highest BCUT2D eigenvalue weighted by atomic mass is 16.5. The second-order valence-electron chi connectivity index (χ2n) is 5.19. The summed E-state index contributed by atoms with van der Waals surface area (Å²) in [6, 6.07) is 14.1. The molecule has 0 bridgehead atoms. The fourth-order valence-corrected chi connectivity index (χ4v) is 2.39. The van der Waals surface area contributed by atoms with Crippen LogP contribution in [0.1, 0.15) is 36.6 Å². The molecule has 2 aromatic carbocycles. The minimum Gasteiger partial charge on any atom is -0.504 e. The summed E-state index contributed by atoms with van der Waals surface area (Å²) in [5.41, 5.74) is 3.69. The van der Waals surface area contributed by atoms with Gasteiger partial charge in [-0.2, -0.15) is 0 Å². The van der Waals surface area contributed by atoms with Crippen molar-refractivity contribution < 1.29 is 9.84 Å². The van der Waals surface area contributed by atoms with E-state index in [4.69, 9.17) is 4.74 Å². The van der Waals surface area contributed by atoms with Crippen LogP contribution in [0.15, 0.2) is 42.5 Å². The maximum Gasteiger partial charge on any atom is 0.161 e. The van der Waals surface area contributed by atoms with Crippen LogP contribution in [-0.4, -0.2) is 11.7 Å². The van der Waals surface area contributed by atoms with Crippen LogP contribution in [-0.2, 0) is 6.54 Å². The Labute approximate surface area is 126 Å². The van der Waals surface area contributed by atoms with Crippen molar-refractivity contribution in [3.8, 4) is 11.5 Å². The molecule has 0 saturated heterocycles. The lowest BCUT2D eigenvalue weighted by Crippen LogP contribution is -2.18. The van der Waals surface area contributed by atoms with Crippen molar-refractivity contribution in [2.75, 3.05) is 6.61 Å². The first-order valence-electron chi connectivity index (χ1n) is 7.35. The van der Waals surface area contributed by atoms with Crippen LogP contribution in [0.3, 0.4) is 0 Å². The monoisotopic (exact) mass is 285 g/mol. The molecule has 0 fully saturated rings. The highest BCUT2D eigenvalue weighted by Crippen LogP contribution is 2.27. The number of phenols is 1. The maximum atomic E-state index is 9.71. The topological polar surface area (TPSA) is 41.5 Å². The molecule has 2 N–H and O–H groups in total. The van der Waals surface area contributed by atoms with E-state index < -0.39 is 0 Å². The maximum absolute atomic E-state index is 9.71. The van der Waals surface area contributed by atoms with E-state index in [9.17, 15) is 5.11 Å². The van der Waals surface area contributed by atoms with Crippen molar-refractivity contribution in [2.45, 2.75) is 33.4 Å². The van der Waals surface area contributed by atoms with Gasteiger partial charge in [0.05, 0.1) is 6.61 Å². The van der Waals surface area contributed by atoms with Gasteiger partial charge >= 0.3 is 0 Å². The number of rotatable bonds is 6. The standard InChI is InChI=1S/C18H23NO2/c1-4-21-18-11-15(9-10-17(18)20)12-19-14(3)16-8-6-5-7-13(16)2/h5-11,14,19-20H,4,12H2,1-3H3/t14-/m1/s1. The third-order valence-electron chi connectivity index (χ3n) is 3.59. The molecule has 2 aromatic rings. The third kappa shape index (κ3) is 3.99. The summed E-state index contributed by atoms with van der Waals surface area (Å²) in [5.74, 6) is 0.730. The summed E-state index contributed by atoms with van der Waals surface area (Å²) < 4.78 is 5.41. The Bertz CT molecular complexity index is 596. The van der Waals surface area contributed by atoms with Gasteiger partial charge in [-0.3, -0.25) is 0 Å². The lowest BCUT2D eigenvalue weighted by Gasteiger charge is -2.17. The number of ether oxygens (including phenoxy) is 1. The molecule has 3 nitrogen and oxygen atoms in total. The predicted octanol–water partition coefficient (Wildman–Crippen LogP) is 3.95. The summed E-state index contributed by atoms with van der Waals surface area (Å²) in [6.07, 6.45) is 0. The van der Waals surface area contributed by atoms with E-state index in [0.29, 0.717) is 12.4 Å². The van der Waals surface area contributed by atoms with E-state index in [0.717, 1.165) is 12.1 Å². The van der Waals surface area contributed by atoms with Crippen LogP contribution < -0.4 is 10.1 Å². The van der Waals surface area contributed by atoms with Gasteiger partial charge in [0.25, 0.3) is 0 Å². The summed E-state index contributed by atoms with van der Waals surface area (Å²) in [4.78, 5) is 0. The molecule has 0 radical (unpaired) electrons. The zero-order valence-corrected chi connectivity index (χ0v) is 12.9. The summed E-state index contributed by atoms with van der Waals surface area (Å²) >= 11 is 0. The second-order valence-corrected chi connectivity index (χ2v) is 5.19. The SMILES string of the molecule is CCOc1cc(CN[C@H](C)c2ccccc2C)ccc1O. The quantitative estimate of drug-likeness (QED) is 0.844. The van der Waals surface area contributed by atoms with Crippen molar-refractivity contribution >= 4 is 0 Å². The lowest BCUT2D eigenvalue weighted by atomic mass is 10.0. The van der Waals surface area contributed by atoms with Crippen molar-refractivity contribution in [1.82, 2.24) is 5.32 Å². The first kappa shape index (κ1) is 15.4. The molecule has 0 spiro atoms. The Hall–Kier alpha value is -2.00. The molecule has 0 aromatic heterocycles. The molecule has 2 rings (SSSR count). The van der Waals surface area contributed by atoms with E-state index in [-0.39, 0.29) is 11.8 Å². The first-order chi connectivity index (χ1) is 10.1. The van der Waals surface area contributed by atoms with E-state index in [1.807, 2.05) is 19.1 Å². The largest absolute Gasteiger partial charge is 0.504 e. The summed E-state index contributed by atoms with van der Waals surface area (Å²) in [7, 11) is 0. The molecule has 1 atom stereocenters. The molecule has 0 heterocycles. The Morgan fingerprint density at radius 3 is 2.67 bits per heavy atom. The number of nitrogens with one attached hydrogen (secondary N) is 1. The minimum atomic E-state index is 0.188. The minimum absolute atomic E-state index is 0.188. The van der Waals surface area contributed by atoms with Crippen molar-refractivity contribution in [1.29, 1.82) is 0 Å². The Kier molecular flexibility index (Phi) is 5.23. The molecule has 112 valence electrons. The van der Waals surface area contributed by atoms with Crippen LogP contribution >= 0.6 is 0 Å². The molecule has 21 heavy (non-hydrogen) atoms. The van der Waals surface area contributed by atoms with E-state index in [1.165, 1.54) is 11.1 Å². The second kappa shape index (κ2) is 7.14. The van der Waals surface area contributed by atoms with Crippen molar-refractivity contribution in [2.24, 2.45) is 0 Å². The van der Waals surface area contributed by atoms with Gasteiger partial charge < -0.3 is 15.2 Å². The zero-order valence-electron chi connectivity index (χ0n) is 12.9. The van der Waals surface area contributed by atoms with Gasteiger partial charge in [-0.05, 0) is 49.6 Å². The molecule has 0 amide bonds. The highest BCUT2D eigenvalue weighted by molar-refractivity contribution is 5.41. The third-order valence-corrected chi connectivity index (χ3v) is 3.59. The number of hydrogen-bond acceptors (Lipinski definition) is 3.